The number of rotatable bonds is 10. The summed E-state index contributed by atoms with van der Waals surface area (Å²) in [5, 5.41) is 0. The lowest BCUT2D eigenvalue weighted by Gasteiger charge is -2.08. The van der Waals surface area contributed by atoms with Gasteiger partial charge in [0.25, 0.3) is 0 Å². The number of unbranched alkanes of at least 4 members (excludes halogenated alkanes) is 2. The Kier molecular flexibility index (Phi) is 8.43. The summed E-state index contributed by atoms with van der Waals surface area (Å²) in [4.78, 5) is 15.4. The zero-order chi connectivity index (χ0) is 15.5. The average Bonchev–Trinajstić information content (AvgIpc) is 2.44. The van der Waals surface area contributed by atoms with Crippen LogP contribution in [0.1, 0.15) is 45.2 Å². The Morgan fingerprint density at radius 3 is 2.76 bits per heavy atom. The number of nitrogens with zero attached hydrogens (tertiary/aromatic N) is 1. The minimum Gasteiger partial charge on any atom is -0.492 e. The van der Waals surface area contributed by atoms with Crippen LogP contribution in [0.2, 0.25) is 0 Å². The van der Waals surface area contributed by atoms with E-state index in [9.17, 15) is 4.79 Å². The van der Waals surface area contributed by atoms with Gasteiger partial charge in [0.2, 0.25) is 0 Å². The summed E-state index contributed by atoms with van der Waals surface area (Å²) in [5.41, 5.74) is 6.70. The van der Waals surface area contributed by atoms with E-state index in [2.05, 4.69) is 4.98 Å². The van der Waals surface area contributed by atoms with E-state index in [1.165, 1.54) is 0 Å². The minimum absolute atomic E-state index is 0.115. The molecule has 2 N–H and O–H groups in total. The van der Waals surface area contributed by atoms with Crippen LogP contribution in [0.5, 0.6) is 5.75 Å². The molecule has 21 heavy (non-hydrogen) atoms. The fraction of sp³-hybridized carbons (Fsp3) is 0.625. The van der Waals surface area contributed by atoms with E-state index in [-0.39, 0.29) is 12.0 Å². The van der Waals surface area contributed by atoms with Crippen molar-refractivity contribution >= 4 is 5.97 Å². The Balaban J connectivity index is 2.11. The molecule has 0 fully saturated rings. The molecule has 0 aliphatic carbocycles. The maximum absolute atomic E-state index is 11.1. The first kappa shape index (κ1) is 17.4. The quantitative estimate of drug-likeness (QED) is 0.530. The molecule has 1 rings (SSSR count). The SMILES string of the molecule is CCOC(=O)CCCCCOc1ccc(CC(C)N)nc1. The molecule has 0 saturated heterocycles. The van der Waals surface area contributed by atoms with Gasteiger partial charge in [-0.1, -0.05) is 0 Å². The number of esters is 1. The van der Waals surface area contributed by atoms with Crippen LogP contribution in [0.15, 0.2) is 18.3 Å². The summed E-state index contributed by atoms with van der Waals surface area (Å²) < 4.78 is 10.5. The first-order valence-electron chi connectivity index (χ1n) is 7.60. The number of hydrogen-bond acceptors (Lipinski definition) is 5. The molecule has 1 atom stereocenters. The predicted molar refractivity (Wildman–Crippen MR) is 82.2 cm³/mol. The van der Waals surface area contributed by atoms with E-state index in [4.69, 9.17) is 15.2 Å². The highest BCUT2D eigenvalue weighted by molar-refractivity contribution is 5.69. The van der Waals surface area contributed by atoms with Gasteiger partial charge in [-0.05, 0) is 45.2 Å². The number of pyridine rings is 1. The van der Waals surface area contributed by atoms with Gasteiger partial charge in [-0.15, -0.1) is 0 Å². The summed E-state index contributed by atoms with van der Waals surface area (Å²) in [6.07, 6.45) is 5.70. The Morgan fingerprint density at radius 1 is 1.33 bits per heavy atom. The van der Waals surface area contributed by atoms with Crippen LogP contribution in [0.3, 0.4) is 0 Å². The van der Waals surface area contributed by atoms with Gasteiger partial charge in [0.15, 0.2) is 0 Å². The van der Waals surface area contributed by atoms with E-state index in [0.717, 1.165) is 37.1 Å². The van der Waals surface area contributed by atoms with Crippen molar-refractivity contribution in [2.24, 2.45) is 5.73 Å². The van der Waals surface area contributed by atoms with E-state index in [0.29, 0.717) is 19.6 Å². The average molecular weight is 294 g/mol. The smallest absolute Gasteiger partial charge is 0.305 e. The van der Waals surface area contributed by atoms with Crippen molar-refractivity contribution in [3.63, 3.8) is 0 Å². The van der Waals surface area contributed by atoms with Crippen LogP contribution in [0.4, 0.5) is 0 Å². The highest BCUT2D eigenvalue weighted by atomic mass is 16.5. The van der Waals surface area contributed by atoms with E-state index in [1.807, 2.05) is 26.0 Å². The molecule has 0 aliphatic heterocycles. The Hall–Kier alpha value is -1.62. The summed E-state index contributed by atoms with van der Waals surface area (Å²) in [5.74, 6) is 0.654. The third-order valence-electron chi connectivity index (χ3n) is 2.93. The molecule has 1 aromatic rings. The van der Waals surface area contributed by atoms with Gasteiger partial charge in [0, 0.05) is 24.6 Å². The molecule has 0 bridgehead atoms. The van der Waals surface area contributed by atoms with Crippen LogP contribution in [0, 0.1) is 0 Å². The van der Waals surface area contributed by atoms with E-state index >= 15 is 0 Å². The van der Waals surface area contributed by atoms with Crippen LogP contribution >= 0.6 is 0 Å². The lowest BCUT2D eigenvalue weighted by molar-refractivity contribution is -0.143. The lowest BCUT2D eigenvalue weighted by Crippen LogP contribution is -2.18. The number of aromatic nitrogens is 1. The summed E-state index contributed by atoms with van der Waals surface area (Å²) in [6.45, 7) is 4.87. The van der Waals surface area contributed by atoms with Crippen molar-refractivity contribution in [3.05, 3.63) is 24.0 Å². The number of carbonyl (C=O) groups is 1. The maximum Gasteiger partial charge on any atom is 0.305 e. The zero-order valence-corrected chi connectivity index (χ0v) is 13.0. The molecular weight excluding hydrogens is 268 g/mol. The Morgan fingerprint density at radius 2 is 2.14 bits per heavy atom. The highest BCUT2D eigenvalue weighted by Gasteiger charge is 2.02. The monoisotopic (exact) mass is 294 g/mol. The molecule has 0 saturated carbocycles. The van der Waals surface area contributed by atoms with Crippen LogP contribution in [0.25, 0.3) is 0 Å². The molecule has 5 nitrogen and oxygen atoms in total. The number of carbonyl (C=O) groups excluding carboxylic acids is 1. The molecule has 1 heterocycles. The normalized spacial score (nSPS) is 12.0. The standard InChI is InChI=1S/C16H26N2O3/c1-3-20-16(19)7-5-4-6-10-21-15-9-8-14(18-12-15)11-13(2)17/h8-9,12-13H,3-7,10-11,17H2,1-2H3. The molecule has 0 aromatic carbocycles. The molecule has 1 aromatic heterocycles. The topological polar surface area (TPSA) is 74.4 Å². The molecular formula is C16H26N2O3. The maximum atomic E-state index is 11.1. The molecule has 0 amide bonds. The van der Waals surface area contributed by atoms with Gasteiger partial charge in [-0.3, -0.25) is 9.78 Å². The van der Waals surface area contributed by atoms with Gasteiger partial charge >= 0.3 is 5.97 Å². The van der Waals surface area contributed by atoms with Gasteiger partial charge in [-0.2, -0.15) is 0 Å². The van der Waals surface area contributed by atoms with Crippen LogP contribution in [-0.2, 0) is 16.0 Å². The molecule has 118 valence electrons. The van der Waals surface area contributed by atoms with Crippen LogP contribution < -0.4 is 10.5 Å². The first-order chi connectivity index (χ1) is 10.1. The van der Waals surface area contributed by atoms with Crippen molar-refractivity contribution in [1.82, 2.24) is 4.98 Å². The second kappa shape index (κ2) is 10.2. The van der Waals surface area contributed by atoms with E-state index in [1.54, 1.807) is 6.20 Å². The second-order valence-corrected chi connectivity index (χ2v) is 5.13. The lowest BCUT2D eigenvalue weighted by atomic mass is 10.2. The molecule has 0 spiro atoms. The van der Waals surface area contributed by atoms with Gasteiger partial charge in [-0.25, -0.2) is 0 Å². The second-order valence-electron chi connectivity index (χ2n) is 5.13. The predicted octanol–water partition coefficient (Wildman–Crippen LogP) is 2.47. The molecule has 1 unspecified atom stereocenters. The van der Waals surface area contributed by atoms with Crippen molar-refractivity contribution in [2.45, 2.75) is 52.0 Å². The Bertz CT molecular complexity index is 404. The summed E-state index contributed by atoms with van der Waals surface area (Å²) >= 11 is 0. The molecule has 0 radical (unpaired) electrons. The highest BCUT2D eigenvalue weighted by Crippen LogP contribution is 2.11. The summed E-state index contributed by atoms with van der Waals surface area (Å²) in [6, 6.07) is 3.98. The van der Waals surface area contributed by atoms with Crippen molar-refractivity contribution in [3.8, 4) is 5.75 Å². The van der Waals surface area contributed by atoms with Gasteiger partial charge in [0.1, 0.15) is 5.75 Å². The minimum atomic E-state index is -0.118. The third kappa shape index (κ3) is 8.30. The summed E-state index contributed by atoms with van der Waals surface area (Å²) in [7, 11) is 0. The van der Waals surface area contributed by atoms with Crippen molar-refractivity contribution < 1.29 is 14.3 Å². The fourth-order valence-electron chi connectivity index (χ4n) is 1.92. The number of hydrogen-bond donors (Lipinski definition) is 1. The van der Waals surface area contributed by atoms with Gasteiger partial charge < -0.3 is 15.2 Å². The first-order valence-corrected chi connectivity index (χ1v) is 7.60. The Labute approximate surface area is 126 Å². The molecule has 0 aliphatic rings. The number of ether oxygens (including phenoxy) is 2. The third-order valence-corrected chi connectivity index (χ3v) is 2.93. The van der Waals surface area contributed by atoms with Crippen molar-refractivity contribution in [2.75, 3.05) is 13.2 Å². The van der Waals surface area contributed by atoms with Crippen molar-refractivity contribution in [1.29, 1.82) is 0 Å². The zero-order valence-electron chi connectivity index (χ0n) is 13.0. The van der Waals surface area contributed by atoms with Gasteiger partial charge in [0.05, 0.1) is 19.4 Å². The fourth-order valence-corrected chi connectivity index (χ4v) is 1.92. The largest absolute Gasteiger partial charge is 0.492 e. The molecule has 5 heteroatoms. The van der Waals surface area contributed by atoms with Crippen LogP contribution in [-0.4, -0.2) is 30.2 Å². The number of nitrogens with two attached hydrogens (primary N) is 1. The van der Waals surface area contributed by atoms with E-state index < -0.39 is 0 Å².